The van der Waals surface area contributed by atoms with Gasteiger partial charge < -0.3 is 10.6 Å². The number of rotatable bonds is 5. The second-order valence-electron chi connectivity index (χ2n) is 6.83. The first kappa shape index (κ1) is 15.5. The molecule has 1 aliphatic rings. The van der Waals surface area contributed by atoms with Crippen LogP contribution >= 0.6 is 0 Å². The number of hydrogen-bond acceptors (Lipinski definition) is 2. The molecule has 0 aliphatic heterocycles. The van der Waals surface area contributed by atoms with Gasteiger partial charge in [0.15, 0.2) is 0 Å². The van der Waals surface area contributed by atoms with Crippen molar-refractivity contribution in [3.8, 4) is 0 Å². The molecule has 0 amide bonds. The Kier molecular flexibility index (Phi) is 5.22. The fourth-order valence-electron chi connectivity index (χ4n) is 3.87. The van der Waals surface area contributed by atoms with E-state index in [0.29, 0.717) is 0 Å². The number of likely N-dealkylation sites (N-methyl/N-ethyl adjacent to an activating group) is 1. The van der Waals surface area contributed by atoms with E-state index in [1.807, 2.05) is 0 Å². The summed E-state index contributed by atoms with van der Waals surface area (Å²) in [4.78, 5) is 2.40. The molecular formula is C18H30N2. The second kappa shape index (κ2) is 6.73. The lowest BCUT2D eigenvalue weighted by atomic mass is 9.70. The number of nitrogens with zero attached hydrogens (tertiary/aromatic N) is 1. The highest BCUT2D eigenvalue weighted by molar-refractivity contribution is 5.15. The van der Waals surface area contributed by atoms with Crippen molar-refractivity contribution < 1.29 is 0 Å². The van der Waals surface area contributed by atoms with Crippen LogP contribution < -0.4 is 5.73 Å². The summed E-state index contributed by atoms with van der Waals surface area (Å²) in [5.41, 5.74) is 8.26. The molecule has 0 heterocycles. The summed E-state index contributed by atoms with van der Waals surface area (Å²) in [5, 5.41) is 0. The van der Waals surface area contributed by atoms with Gasteiger partial charge >= 0.3 is 0 Å². The van der Waals surface area contributed by atoms with Crippen LogP contribution in [0.5, 0.6) is 0 Å². The van der Waals surface area contributed by atoms with E-state index in [4.69, 9.17) is 5.73 Å². The first-order valence-electron chi connectivity index (χ1n) is 8.01. The van der Waals surface area contributed by atoms with Crippen LogP contribution in [-0.2, 0) is 6.42 Å². The molecule has 2 N–H and O–H groups in total. The highest BCUT2D eigenvalue weighted by Gasteiger charge is 2.41. The number of hydrogen-bond donors (Lipinski definition) is 1. The number of aryl methyl sites for hydroxylation is 1. The summed E-state index contributed by atoms with van der Waals surface area (Å²) in [6.07, 6.45) is 7.34. The second-order valence-corrected chi connectivity index (χ2v) is 6.83. The van der Waals surface area contributed by atoms with Crippen LogP contribution in [0, 0.1) is 5.92 Å². The standard InChI is InChI=1S/C18H30N2/c1-15-8-7-13-18(14-15,20(2)3)17(19)12-11-16-9-5-4-6-10-16/h4-6,9-10,15,17H,7-8,11-14,19H2,1-3H3. The maximum Gasteiger partial charge on any atom is 0.0356 e. The van der Waals surface area contributed by atoms with Crippen molar-refractivity contribution in [2.24, 2.45) is 11.7 Å². The average molecular weight is 274 g/mol. The molecule has 3 atom stereocenters. The summed E-state index contributed by atoms with van der Waals surface area (Å²) in [5.74, 6) is 0.800. The molecule has 20 heavy (non-hydrogen) atoms. The monoisotopic (exact) mass is 274 g/mol. The molecule has 1 fully saturated rings. The Bertz CT molecular complexity index is 401. The molecule has 112 valence electrons. The molecule has 1 aromatic rings. The highest BCUT2D eigenvalue weighted by Crippen LogP contribution is 2.38. The minimum atomic E-state index is 0.201. The molecule has 0 spiro atoms. The van der Waals surface area contributed by atoms with Crippen LogP contribution in [0.15, 0.2) is 30.3 Å². The molecule has 0 bridgehead atoms. The molecule has 0 saturated heterocycles. The summed E-state index contributed by atoms with van der Waals surface area (Å²) in [6, 6.07) is 11.0. The Labute approximate surface area is 124 Å². The normalized spacial score (nSPS) is 28.6. The van der Waals surface area contributed by atoms with Gasteiger partial charge in [0, 0.05) is 11.6 Å². The van der Waals surface area contributed by atoms with E-state index in [1.165, 1.54) is 31.2 Å². The minimum Gasteiger partial charge on any atom is -0.326 e. The van der Waals surface area contributed by atoms with Gasteiger partial charge in [-0.1, -0.05) is 50.1 Å². The third-order valence-electron chi connectivity index (χ3n) is 5.18. The summed E-state index contributed by atoms with van der Waals surface area (Å²) in [6.45, 7) is 2.38. The Morgan fingerprint density at radius 2 is 2.00 bits per heavy atom. The van der Waals surface area contributed by atoms with E-state index in [0.717, 1.165) is 18.8 Å². The maximum absolute atomic E-state index is 6.65. The van der Waals surface area contributed by atoms with Gasteiger partial charge in [0.05, 0.1) is 0 Å². The van der Waals surface area contributed by atoms with Crippen LogP contribution in [-0.4, -0.2) is 30.6 Å². The number of benzene rings is 1. The molecule has 2 heteroatoms. The zero-order chi connectivity index (χ0) is 14.6. The Morgan fingerprint density at radius 3 is 2.60 bits per heavy atom. The SMILES string of the molecule is CC1CCCC(C(N)CCc2ccccc2)(N(C)C)C1. The smallest absolute Gasteiger partial charge is 0.0356 e. The van der Waals surface area contributed by atoms with E-state index >= 15 is 0 Å². The largest absolute Gasteiger partial charge is 0.326 e. The third kappa shape index (κ3) is 3.42. The first-order valence-corrected chi connectivity index (χ1v) is 8.01. The first-order chi connectivity index (χ1) is 9.54. The van der Waals surface area contributed by atoms with E-state index < -0.39 is 0 Å². The van der Waals surface area contributed by atoms with Gasteiger partial charge in [0.2, 0.25) is 0 Å². The molecule has 3 unspecified atom stereocenters. The zero-order valence-electron chi connectivity index (χ0n) is 13.3. The van der Waals surface area contributed by atoms with E-state index in [1.54, 1.807) is 0 Å². The molecule has 0 aromatic heterocycles. The quantitative estimate of drug-likeness (QED) is 0.891. The molecular weight excluding hydrogens is 244 g/mol. The van der Waals surface area contributed by atoms with Gasteiger partial charge in [0.1, 0.15) is 0 Å². The number of nitrogens with two attached hydrogens (primary N) is 1. The van der Waals surface area contributed by atoms with Gasteiger partial charge in [-0.2, -0.15) is 0 Å². The maximum atomic E-state index is 6.65. The lowest BCUT2D eigenvalue weighted by Gasteiger charge is -2.49. The Morgan fingerprint density at radius 1 is 1.30 bits per heavy atom. The molecule has 1 saturated carbocycles. The summed E-state index contributed by atoms with van der Waals surface area (Å²) >= 11 is 0. The van der Waals surface area contributed by atoms with E-state index in [2.05, 4.69) is 56.3 Å². The molecule has 1 aromatic carbocycles. The van der Waals surface area contributed by atoms with Gasteiger partial charge in [-0.05, 0) is 51.3 Å². The van der Waals surface area contributed by atoms with Crippen LogP contribution in [0.4, 0.5) is 0 Å². The predicted molar refractivity (Wildman–Crippen MR) is 86.8 cm³/mol. The van der Waals surface area contributed by atoms with Gasteiger partial charge in [-0.15, -0.1) is 0 Å². The summed E-state index contributed by atoms with van der Waals surface area (Å²) < 4.78 is 0. The molecule has 2 rings (SSSR count). The van der Waals surface area contributed by atoms with Gasteiger partial charge in [-0.3, -0.25) is 0 Å². The van der Waals surface area contributed by atoms with Crippen molar-refractivity contribution in [3.05, 3.63) is 35.9 Å². The molecule has 0 radical (unpaired) electrons. The Balaban J connectivity index is 2.02. The van der Waals surface area contributed by atoms with Crippen LogP contribution in [0.2, 0.25) is 0 Å². The van der Waals surface area contributed by atoms with Crippen LogP contribution in [0.25, 0.3) is 0 Å². The third-order valence-corrected chi connectivity index (χ3v) is 5.18. The highest BCUT2D eigenvalue weighted by atomic mass is 15.2. The molecule has 1 aliphatic carbocycles. The van der Waals surface area contributed by atoms with Crippen LogP contribution in [0.1, 0.15) is 44.6 Å². The zero-order valence-corrected chi connectivity index (χ0v) is 13.3. The lowest BCUT2D eigenvalue weighted by Crippen LogP contribution is -2.59. The van der Waals surface area contributed by atoms with Gasteiger partial charge in [0.25, 0.3) is 0 Å². The van der Waals surface area contributed by atoms with Crippen molar-refractivity contribution in [2.45, 2.75) is 57.0 Å². The molecule has 2 nitrogen and oxygen atoms in total. The van der Waals surface area contributed by atoms with Gasteiger partial charge in [-0.25, -0.2) is 0 Å². The van der Waals surface area contributed by atoms with Crippen molar-refractivity contribution in [3.63, 3.8) is 0 Å². The van der Waals surface area contributed by atoms with Crippen LogP contribution in [0.3, 0.4) is 0 Å². The minimum absolute atomic E-state index is 0.201. The van der Waals surface area contributed by atoms with E-state index in [9.17, 15) is 0 Å². The van der Waals surface area contributed by atoms with E-state index in [-0.39, 0.29) is 11.6 Å². The lowest BCUT2D eigenvalue weighted by molar-refractivity contribution is 0.0477. The van der Waals surface area contributed by atoms with Crippen molar-refractivity contribution in [1.82, 2.24) is 4.90 Å². The topological polar surface area (TPSA) is 29.3 Å². The summed E-state index contributed by atoms with van der Waals surface area (Å²) in [7, 11) is 4.42. The fraction of sp³-hybridized carbons (Fsp3) is 0.667. The van der Waals surface area contributed by atoms with Crippen molar-refractivity contribution >= 4 is 0 Å². The van der Waals surface area contributed by atoms with Crippen molar-refractivity contribution in [2.75, 3.05) is 14.1 Å². The predicted octanol–water partition coefficient (Wildman–Crippen LogP) is 3.46. The average Bonchev–Trinajstić information content (AvgIpc) is 2.45. The fourth-order valence-corrected chi connectivity index (χ4v) is 3.87. The van der Waals surface area contributed by atoms with Crippen molar-refractivity contribution in [1.29, 1.82) is 0 Å². The Hall–Kier alpha value is -0.860.